The van der Waals surface area contributed by atoms with Gasteiger partial charge in [-0.1, -0.05) is 27.7 Å². The summed E-state index contributed by atoms with van der Waals surface area (Å²) >= 11 is 0. The zero-order valence-electron chi connectivity index (χ0n) is 11.1. The molecule has 1 heterocycles. The van der Waals surface area contributed by atoms with Crippen LogP contribution in [0.1, 0.15) is 41.0 Å². The Morgan fingerprint density at radius 3 is 2.47 bits per heavy atom. The van der Waals surface area contributed by atoms with E-state index < -0.39 is 0 Å². The van der Waals surface area contributed by atoms with Crippen LogP contribution in [0.4, 0.5) is 0 Å². The van der Waals surface area contributed by atoms with Crippen LogP contribution in [-0.2, 0) is 0 Å². The van der Waals surface area contributed by atoms with Crippen LogP contribution in [0.5, 0.6) is 0 Å². The number of hydrogen-bond acceptors (Lipinski definition) is 2. The van der Waals surface area contributed by atoms with Crippen molar-refractivity contribution in [2.24, 2.45) is 11.3 Å². The highest BCUT2D eigenvalue weighted by molar-refractivity contribution is 4.87. The van der Waals surface area contributed by atoms with Gasteiger partial charge in [0.15, 0.2) is 0 Å². The van der Waals surface area contributed by atoms with E-state index in [-0.39, 0.29) is 0 Å². The molecule has 1 fully saturated rings. The van der Waals surface area contributed by atoms with E-state index in [2.05, 4.69) is 44.8 Å². The monoisotopic (exact) mass is 212 g/mol. The van der Waals surface area contributed by atoms with Crippen molar-refractivity contribution in [3.05, 3.63) is 0 Å². The maximum Gasteiger partial charge on any atom is 0.0105 e. The van der Waals surface area contributed by atoms with Gasteiger partial charge < -0.3 is 5.32 Å². The van der Waals surface area contributed by atoms with E-state index >= 15 is 0 Å². The minimum Gasteiger partial charge on any atom is -0.317 e. The van der Waals surface area contributed by atoms with Crippen LogP contribution in [0.3, 0.4) is 0 Å². The van der Waals surface area contributed by atoms with Crippen LogP contribution in [-0.4, -0.2) is 37.1 Å². The van der Waals surface area contributed by atoms with Gasteiger partial charge in [-0.3, -0.25) is 4.90 Å². The van der Waals surface area contributed by atoms with Crippen molar-refractivity contribution < 1.29 is 0 Å². The summed E-state index contributed by atoms with van der Waals surface area (Å²) in [6.45, 7) is 16.5. The second-order valence-corrected chi connectivity index (χ2v) is 5.91. The summed E-state index contributed by atoms with van der Waals surface area (Å²) in [5.41, 5.74) is 0.534. The lowest BCUT2D eigenvalue weighted by Gasteiger charge is -2.31. The van der Waals surface area contributed by atoms with Crippen molar-refractivity contribution in [1.29, 1.82) is 0 Å². The fourth-order valence-corrected chi connectivity index (χ4v) is 2.40. The summed E-state index contributed by atoms with van der Waals surface area (Å²) in [7, 11) is 0. The van der Waals surface area contributed by atoms with Crippen LogP contribution in [0.15, 0.2) is 0 Å². The molecule has 2 unspecified atom stereocenters. The number of nitrogens with zero attached hydrogens (tertiary/aromatic N) is 1. The van der Waals surface area contributed by atoms with Crippen molar-refractivity contribution in [1.82, 2.24) is 10.2 Å². The lowest BCUT2D eigenvalue weighted by Crippen LogP contribution is -2.40. The molecule has 1 aliphatic rings. The largest absolute Gasteiger partial charge is 0.317 e. The predicted molar refractivity (Wildman–Crippen MR) is 67.1 cm³/mol. The topological polar surface area (TPSA) is 15.3 Å². The molecule has 90 valence electrons. The summed E-state index contributed by atoms with van der Waals surface area (Å²) in [4.78, 5) is 2.65. The minimum absolute atomic E-state index is 0.534. The molecule has 0 bridgehead atoms. The highest BCUT2D eigenvalue weighted by Crippen LogP contribution is 2.31. The molecule has 1 saturated heterocycles. The third-order valence-electron chi connectivity index (χ3n) is 3.82. The Balaban J connectivity index is 2.37. The van der Waals surface area contributed by atoms with Gasteiger partial charge in [0.25, 0.3) is 0 Å². The molecule has 2 nitrogen and oxygen atoms in total. The molecule has 2 atom stereocenters. The summed E-state index contributed by atoms with van der Waals surface area (Å²) in [5, 5.41) is 3.45. The molecule has 1 N–H and O–H groups in total. The quantitative estimate of drug-likeness (QED) is 0.752. The van der Waals surface area contributed by atoms with Gasteiger partial charge in [-0.05, 0) is 44.3 Å². The van der Waals surface area contributed by atoms with Crippen LogP contribution in [0, 0.1) is 11.3 Å². The maximum absolute atomic E-state index is 3.45. The molecule has 0 radical (unpaired) electrons. The van der Waals surface area contributed by atoms with Crippen molar-refractivity contribution in [2.45, 2.75) is 47.1 Å². The van der Waals surface area contributed by atoms with Gasteiger partial charge in [0, 0.05) is 12.6 Å². The lowest BCUT2D eigenvalue weighted by molar-refractivity contribution is 0.178. The van der Waals surface area contributed by atoms with Gasteiger partial charge in [0.2, 0.25) is 0 Å². The van der Waals surface area contributed by atoms with Gasteiger partial charge in [-0.25, -0.2) is 0 Å². The van der Waals surface area contributed by atoms with Crippen molar-refractivity contribution in [3.63, 3.8) is 0 Å². The zero-order chi connectivity index (χ0) is 11.5. The predicted octanol–water partition coefficient (Wildman–Crippen LogP) is 2.35. The van der Waals surface area contributed by atoms with Crippen molar-refractivity contribution in [2.75, 3.05) is 26.2 Å². The number of likely N-dealkylation sites (tertiary alicyclic amines) is 1. The van der Waals surface area contributed by atoms with E-state index in [1.807, 2.05) is 0 Å². The lowest BCUT2D eigenvalue weighted by atomic mass is 9.93. The van der Waals surface area contributed by atoms with E-state index in [0.29, 0.717) is 11.5 Å². The van der Waals surface area contributed by atoms with Crippen LogP contribution < -0.4 is 5.32 Å². The fraction of sp³-hybridized carbons (Fsp3) is 1.00. The number of hydrogen-bond donors (Lipinski definition) is 1. The molecule has 1 aliphatic heterocycles. The van der Waals surface area contributed by atoms with E-state index in [4.69, 9.17) is 0 Å². The first kappa shape index (κ1) is 13.0. The Hall–Kier alpha value is -0.0800. The van der Waals surface area contributed by atoms with Gasteiger partial charge in [-0.2, -0.15) is 0 Å². The Bertz CT molecular complexity index is 189. The smallest absolute Gasteiger partial charge is 0.0105 e. The standard InChI is InChI=1S/C13H28N2/c1-6-14-9-11(2)12(3)15-8-7-13(4,5)10-15/h11-12,14H,6-10H2,1-5H3. The van der Waals surface area contributed by atoms with E-state index in [1.54, 1.807) is 0 Å². The molecule has 15 heavy (non-hydrogen) atoms. The summed E-state index contributed by atoms with van der Waals surface area (Å²) in [6.07, 6.45) is 1.35. The molecular weight excluding hydrogens is 184 g/mol. The first-order valence-electron chi connectivity index (χ1n) is 6.41. The van der Waals surface area contributed by atoms with Crippen LogP contribution in [0.2, 0.25) is 0 Å². The Morgan fingerprint density at radius 1 is 1.33 bits per heavy atom. The average Bonchev–Trinajstić information content (AvgIpc) is 2.54. The molecular formula is C13H28N2. The third kappa shape index (κ3) is 3.76. The van der Waals surface area contributed by atoms with Crippen LogP contribution >= 0.6 is 0 Å². The van der Waals surface area contributed by atoms with Crippen LogP contribution in [0.25, 0.3) is 0 Å². The Labute approximate surface area is 95.4 Å². The second-order valence-electron chi connectivity index (χ2n) is 5.91. The molecule has 1 rings (SSSR count). The van der Waals surface area contributed by atoms with Gasteiger partial charge >= 0.3 is 0 Å². The Kier molecular flexibility index (Phi) is 4.60. The highest BCUT2D eigenvalue weighted by Gasteiger charge is 2.33. The van der Waals surface area contributed by atoms with E-state index in [0.717, 1.165) is 19.0 Å². The van der Waals surface area contributed by atoms with E-state index in [1.165, 1.54) is 19.5 Å². The van der Waals surface area contributed by atoms with Gasteiger partial charge in [0.05, 0.1) is 0 Å². The summed E-state index contributed by atoms with van der Waals surface area (Å²) < 4.78 is 0. The van der Waals surface area contributed by atoms with Crippen molar-refractivity contribution in [3.8, 4) is 0 Å². The normalized spacial score (nSPS) is 25.4. The Morgan fingerprint density at radius 2 is 2.00 bits per heavy atom. The third-order valence-corrected chi connectivity index (χ3v) is 3.82. The summed E-state index contributed by atoms with van der Waals surface area (Å²) in [5.74, 6) is 0.749. The molecule has 0 aromatic carbocycles. The molecule has 0 spiro atoms. The molecule has 0 saturated carbocycles. The molecule has 2 heteroatoms. The first-order chi connectivity index (χ1) is 6.96. The molecule has 0 aliphatic carbocycles. The van der Waals surface area contributed by atoms with Gasteiger partial charge in [-0.15, -0.1) is 0 Å². The zero-order valence-corrected chi connectivity index (χ0v) is 11.1. The molecule has 0 amide bonds. The van der Waals surface area contributed by atoms with Crippen molar-refractivity contribution >= 4 is 0 Å². The molecule has 0 aromatic rings. The highest BCUT2D eigenvalue weighted by atomic mass is 15.2. The average molecular weight is 212 g/mol. The molecule has 0 aromatic heterocycles. The number of rotatable bonds is 5. The first-order valence-corrected chi connectivity index (χ1v) is 6.41. The second kappa shape index (κ2) is 5.31. The SMILES string of the molecule is CCNCC(C)C(C)N1CCC(C)(C)C1. The minimum atomic E-state index is 0.534. The van der Waals surface area contributed by atoms with Gasteiger partial charge in [0.1, 0.15) is 0 Å². The fourth-order valence-electron chi connectivity index (χ4n) is 2.40. The number of nitrogens with one attached hydrogen (secondary N) is 1. The van der Waals surface area contributed by atoms with E-state index in [9.17, 15) is 0 Å². The maximum atomic E-state index is 3.45. The summed E-state index contributed by atoms with van der Waals surface area (Å²) in [6, 6.07) is 0.714.